The Morgan fingerprint density at radius 3 is 1.90 bits per heavy atom. The third-order valence-corrected chi connectivity index (χ3v) is 2.39. The van der Waals surface area contributed by atoms with Gasteiger partial charge in [0.25, 0.3) is 0 Å². The van der Waals surface area contributed by atoms with Gasteiger partial charge in [0.15, 0.2) is 0 Å². The largest absolute Gasteiger partial charge is 0.406 e. The van der Waals surface area contributed by atoms with Crippen molar-refractivity contribution in [2.75, 3.05) is 13.6 Å². The maximum atomic E-state index is 12.1. The predicted molar refractivity (Wildman–Crippen MR) is 31.7 cm³/mol. The first kappa shape index (κ1) is 7.85. The van der Waals surface area contributed by atoms with Crippen LogP contribution in [0, 0.1) is 0 Å². The molecule has 0 bridgehead atoms. The summed E-state index contributed by atoms with van der Waals surface area (Å²) in [7, 11) is 1.50. The number of likely N-dealkylation sites (tertiary alicyclic amines) is 1. The third kappa shape index (κ3) is 0.820. The Kier molecular flexibility index (Phi) is 1.47. The average molecular weight is 153 g/mol. The number of alkyl halides is 3. The highest BCUT2D eigenvalue weighted by atomic mass is 19.4. The minimum atomic E-state index is -4.07. The monoisotopic (exact) mass is 153 g/mol. The topological polar surface area (TPSA) is 3.24 Å². The van der Waals surface area contributed by atoms with Crippen LogP contribution in [0.15, 0.2) is 0 Å². The van der Waals surface area contributed by atoms with Crippen molar-refractivity contribution >= 4 is 0 Å². The second kappa shape index (κ2) is 1.87. The van der Waals surface area contributed by atoms with Gasteiger partial charge in [-0.1, -0.05) is 0 Å². The summed E-state index contributed by atoms with van der Waals surface area (Å²) in [5.74, 6) is 0. The normalized spacial score (nSPS) is 35.7. The summed E-state index contributed by atoms with van der Waals surface area (Å²) in [6.45, 7) is 1.78. The second-order valence-corrected chi connectivity index (χ2v) is 2.94. The Bertz CT molecular complexity index is 142. The van der Waals surface area contributed by atoms with E-state index in [0.29, 0.717) is 6.54 Å². The molecule has 4 heteroatoms. The minimum absolute atomic E-state index is 0.229. The van der Waals surface area contributed by atoms with Gasteiger partial charge in [-0.15, -0.1) is 0 Å². The summed E-state index contributed by atoms with van der Waals surface area (Å²) in [5, 5.41) is 0. The lowest BCUT2D eigenvalue weighted by Gasteiger charge is -2.49. The zero-order valence-corrected chi connectivity index (χ0v) is 6.00. The van der Waals surface area contributed by atoms with Crippen molar-refractivity contribution in [1.82, 2.24) is 4.90 Å². The molecule has 1 fully saturated rings. The molecular weight excluding hydrogens is 143 g/mol. The molecule has 1 heterocycles. The van der Waals surface area contributed by atoms with E-state index in [4.69, 9.17) is 0 Å². The van der Waals surface area contributed by atoms with Gasteiger partial charge in [-0.05, 0) is 20.4 Å². The zero-order chi connectivity index (χ0) is 7.99. The Morgan fingerprint density at radius 1 is 1.40 bits per heavy atom. The van der Waals surface area contributed by atoms with Crippen LogP contribution in [0.2, 0.25) is 0 Å². The van der Waals surface area contributed by atoms with E-state index in [0.717, 1.165) is 0 Å². The molecule has 1 saturated heterocycles. The first-order valence-electron chi connectivity index (χ1n) is 3.16. The highest BCUT2D eigenvalue weighted by molar-refractivity contribution is 4.99. The molecule has 0 aliphatic carbocycles. The van der Waals surface area contributed by atoms with Gasteiger partial charge in [-0.3, -0.25) is 4.90 Å². The fourth-order valence-corrected chi connectivity index (χ4v) is 1.03. The zero-order valence-electron chi connectivity index (χ0n) is 6.00. The van der Waals surface area contributed by atoms with Crippen LogP contribution in [0.4, 0.5) is 13.2 Å². The fraction of sp³-hybridized carbons (Fsp3) is 1.00. The summed E-state index contributed by atoms with van der Waals surface area (Å²) in [6, 6.07) is 0. The van der Waals surface area contributed by atoms with Crippen LogP contribution in [0.5, 0.6) is 0 Å². The molecule has 1 atom stereocenters. The van der Waals surface area contributed by atoms with Gasteiger partial charge in [-0.2, -0.15) is 13.2 Å². The van der Waals surface area contributed by atoms with Crippen molar-refractivity contribution in [2.45, 2.75) is 25.1 Å². The molecule has 1 nitrogen and oxygen atoms in total. The molecule has 0 N–H and O–H groups in total. The van der Waals surface area contributed by atoms with E-state index in [9.17, 15) is 13.2 Å². The van der Waals surface area contributed by atoms with Crippen LogP contribution < -0.4 is 0 Å². The van der Waals surface area contributed by atoms with Crippen LogP contribution in [0.25, 0.3) is 0 Å². The van der Waals surface area contributed by atoms with E-state index in [-0.39, 0.29) is 6.42 Å². The van der Waals surface area contributed by atoms with Crippen molar-refractivity contribution in [2.24, 2.45) is 0 Å². The van der Waals surface area contributed by atoms with Gasteiger partial charge in [0.2, 0.25) is 0 Å². The Labute approximate surface area is 57.8 Å². The molecule has 0 saturated carbocycles. The summed E-state index contributed by atoms with van der Waals surface area (Å²) >= 11 is 0. The van der Waals surface area contributed by atoms with E-state index >= 15 is 0 Å². The van der Waals surface area contributed by atoms with Gasteiger partial charge < -0.3 is 0 Å². The van der Waals surface area contributed by atoms with Crippen molar-refractivity contribution in [3.8, 4) is 0 Å². The van der Waals surface area contributed by atoms with Crippen molar-refractivity contribution in [3.63, 3.8) is 0 Å². The lowest BCUT2D eigenvalue weighted by Crippen LogP contribution is -2.64. The second-order valence-electron chi connectivity index (χ2n) is 2.94. The van der Waals surface area contributed by atoms with Gasteiger partial charge in [0.1, 0.15) is 5.54 Å². The highest BCUT2D eigenvalue weighted by Gasteiger charge is 2.58. The molecule has 0 spiro atoms. The molecule has 60 valence electrons. The summed E-state index contributed by atoms with van der Waals surface area (Å²) in [5.41, 5.74) is -1.55. The van der Waals surface area contributed by atoms with Gasteiger partial charge in [-0.25, -0.2) is 0 Å². The number of halogens is 3. The number of nitrogens with zero attached hydrogens (tertiary/aromatic N) is 1. The first-order chi connectivity index (χ1) is 4.38. The van der Waals surface area contributed by atoms with Gasteiger partial charge >= 0.3 is 6.18 Å². The smallest absolute Gasteiger partial charge is 0.293 e. The van der Waals surface area contributed by atoms with Crippen LogP contribution in [0.3, 0.4) is 0 Å². The SMILES string of the molecule is CN1CC[C@]1(C)C(F)(F)F. The average Bonchev–Trinajstić information content (AvgIpc) is 1.80. The molecule has 0 amide bonds. The standard InChI is InChI=1S/C6H10F3N/c1-5(6(7,8)9)3-4-10(5)2/h3-4H2,1-2H3/t5-/m1/s1. The number of rotatable bonds is 0. The van der Waals surface area contributed by atoms with Crippen LogP contribution in [0.1, 0.15) is 13.3 Å². The predicted octanol–water partition coefficient (Wildman–Crippen LogP) is 1.64. The molecule has 0 aromatic carbocycles. The lowest BCUT2D eigenvalue weighted by molar-refractivity contribution is -0.253. The van der Waals surface area contributed by atoms with E-state index in [1.165, 1.54) is 18.9 Å². The summed E-state index contributed by atoms with van der Waals surface area (Å²) in [6.07, 6.45) is -3.84. The van der Waals surface area contributed by atoms with Crippen LogP contribution in [-0.4, -0.2) is 30.2 Å². The van der Waals surface area contributed by atoms with E-state index < -0.39 is 11.7 Å². The van der Waals surface area contributed by atoms with E-state index in [1.807, 2.05) is 0 Å². The van der Waals surface area contributed by atoms with E-state index in [2.05, 4.69) is 0 Å². The molecule has 1 aliphatic rings. The lowest BCUT2D eigenvalue weighted by atomic mass is 9.87. The molecule has 10 heavy (non-hydrogen) atoms. The third-order valence-electron chi connectivity index (χ3n) is 2.39. The Hall–Kier alpha value is -0.250. The number of hydrogen-bond acceptors (Lipinski definition) is 1. The van der Waals surface area contributed by atoms with Crippen molar-refractivity contribution < 1.29 is 13.2 Å². The van der Waals surface area contributed by atoms with E-state index in [1.54, 1.807) is 0 Å². The molecule has 0 aromatic heterocycles. The molecule has 0 unspecified atom stereocenters. The molecule has 1 rings (SSSR count). The first-order valence-corrected chi connectivity index (χ1v) is 3.16. The van der Waals surface area contributed by atoms with Crippen molar-refractivity contribution in [1.29, 1.82) is 0 Å². The Balaban J connectivity index is 2.70. The van der Waals surface area contributed by atoms with Crippen molar-refractivity contribution in [3.05, 3.63) is 0 Å². The van der Waals surface area contributed by atoms with Crippen LogP contribution >= 0.6 is 0 Å². The van der Waals surface area contributed by atoms with Crippen LogP contribution in [-0.2, 0) is 0 Å². The maximum Gasteiger partial charge on any atom is 0.406 e. The summed E-state index contributed by atoms with van der Waals surface area (Å²) in [4.78, 5) is 1.33. The highest BCUT2D eigenvalue weighted by Crippen LogP contribution is 2.42. The summed E-state index contributed by atoms with van der Waals surface area (Å²) < 4.78 is 36.3. The quantitative estimate of drug-likeness (QED) is 0.511. The van der Waals surface area contributed by atoms with Gasteiger partial charge in [0, 0.05) is 6.54 Å². The molecule has 0 aromatic rings. The maximum absolute atomic E-state index is 12.1. The molecular formula is C6H10F3N. The van der Waals surface area contributed by atoms with Gasteiger partial charge in [0.05, 0.1) is 0 Å². The fourth-order valence-electron chi connectivity index (χ4n) is 1.03. The molecule has 0 radical (unpaired) electrons. The molecule has 1 aliphatic heterocycles. The number of hydrogen-bond donors (Lipinski definition) is 0. The minimum Gasteiger partial charge on any atom is -0.293 e. The Morgan fingerprint density at radius 2 is 1.90 bits per heavy atom.